The lowest BCUT2D eigenvalue weighted by molar-refractivity contribution is -0.123. The fourth-order valence-electron chi connectivity index (χ4n) is 6.71. The third-order valence-corrected chi connectivity index (χ3v) is 9.94. The van der Waals surface area contributed by atoms with Crippen LogP contribution in [0.5, 0.6) is 28.7 Å². The number of urea groups is 2. The number of rotatable bonds is 7. The van der Waals surface area contributed by atoms with Gasteiger partial charge in [0.15, 0.2) is 28.8 Å². The molecule has 0 aromatic heterocycles. The quantitative estimate of drug-likeness (QED) is 0.127. The van der Waals surface area contributed by atoms with Gasteiger partial charge in [0, 0.05) is 43.3 Å². The van der Waals surface area contributed by atoms with E-state index >= 15 is 0 Å². The number of carboxylic acid groups (broad SMARTS) is 1. The molecule has 0 saturated carbocycles. The van der Waals surface area contributed by atoms with Crippen molar-refractivity contribution in [2.24, 2.45) is 0 Å². The van der Waals surface area contributed by atoms with E-state index in [1.807, 2.05) is 0 Å². The van der Waals surface area contributed by atoms with Crippen LogP contribution in [0.2, 0.25) is 5.02 Å². The van der Waals surface area contributed by atoms with E-state index < -0.39 is 117 Å². The van der Waals surface area contributed by atoms with Gasteiger partial charge >= 0.3 is 25.1 Å². The number of carboxylic acids is 1. The molecular formula is C33H30BClF3N5O12. The van der Waals surface area contributed by atoms with Crippen LogP contribution in [0.25, 0.3) is 0 Å². The number of imide groups is 1. The van der Waals surface area contributed by atoms with E-state index in [0.717, 1.165) is 23.1 Å². The van der Waals surface area contributed by atoms with Gasteiger partial charge in [-0.15, -0.1) is 0 Å². The zero-order chi connectivity index (χ0) is 40.0. The maximum atomic E-state index is 14.7. The maximum absolute atomic E-state index is 14.7. The van der Waals surface area contributed by atoms with Gasteiger partial charge in [-0.3, -0.25) is 9.59 Å². The molecule has 2 saturated heterocycles. The number of amides is 6. The molecule has 22 heteroatoms. The molecule has 6 rings (SSSR count). The number of phenols is 4. The Balaban J connectivity index is 1.16. The van der Waals surface area contributed by atoms with Crippen LogP contribution < -0.4 is 15.3 Å². The minimum Gasteiger partial charge on any atom is -0.534 e. The number of nitrogens with zero attached hydrogens (tertiary/aromatic N) is 3. The predicted octanol–water partition coefficient (Wildman–Crippen LogP) is 2.21. The minimum atomic E-state index is -2.00. The number of aromatic carboxylic acids is 1. The summed E-state index contributed by atoms with van der Waals surface area (Å²) in [4.78, 5) is 68.9. The Bertz CT molecular complexity index is 2100. The van der Waals surface area contributed by atoms with Crippen molar-refractivity contribution in [2.45, 2.75) is 37.3 Å². The van der Waals surface area contributed by atoms with Gasteiger partial charge in [-0.1, -0.05) is 17.7 Å². The third-order valence-electron chi connectivity index (χ3n) is 9.55. The summed E-state index contributed by atoms with van der Waals surface area (Å²) in [5, 5.41) is 63.4. The summed E-state index contributed by atoms with van der Waals surface area (Å²) in [5.74, 6) is -13.5. The number of carbonyl (C=O) groups is 5. The van der Waals surface area contributed by atoms with Gasteiger partial charge in [0.05, 0.1) is 11.0 Å². The van der Waals surface area contributed by atoms with Crippen LogP contribution in [0.3, 0.4) is 0 Å². The minimum absolute atomic E-state index is 0.0285. The number of aromatic hydroxyl groups is 4. The van der Waals surface area contributed by atoms with Gasteiger partial charge < -0.3 is 55.6 Å². The molecule has 3 aromatic carbocycles. The summed E-state index contributed by atoms with van der Waals surface area (Å²) in [6.45, 7) is 0.0655. The molecule has 55 heavy (non-hydrogen) atoms. The average molecular weight is 792 g/mol. The summed E-state index contributed by atoms with van der Waals surface area (Å²) >= 11 is 6.17. The van der Waals surface area contributed by atoms with Crippen molar-refractivity contribution in [3.63, 3.8) is 0 Å². The van der Waals surface area contributed by atoms with Crippen molar-refractivity contribution >= 4 is 48.6 Å². The van der Waals surface area contributed by atoms with Crippen LogP contribution in [0.15, 0.2) is 30.3 Å². The standard InChI is InChI=1S/C33H30BClF3N5O12/c35-23-16(12-18(37)26(46)27(23)47)25(29(48)39-21-11-13-1-2-17(36)22(31(50)51)28(13)55-34(21)54)40-32(52)43-8-7-42(33(43)53)15-3-5-41(6-4-15)30(49)14-9-19(44)24(38)20(45)10-14/h1-2,9-10,12,15,21,25,44-47,54H,3-8,11H2,(H,39,48)(H,40,52)(H,50,51)/t21-,25?/m0/s1. The van der Waals surface area contributed by atoms with E-state index in [2.05, 4.69) is 10.6 Å². The van der Waals surface area contributed by atoms with E-state index in [0.29, 0.717) is 6.07 Å². The van der Waals surface area contributed by atoms with Gasteiger partial charge in [-0.05, 0) is 49.1 Å². The third kappa shape index (κ3) is 7.27. The first kappa shape index (κ1) is 38.6. The SMILES string of the molecule is O=C(O)c1c(F)ccc2c1OB(O)[C@@H](NC(=O)C(NC(=O)N1CCN(C3CCN(C(=O)c4cc(O)c(F)c(O)c4)CC3)C1=O)c1cc(F)c(O)c(O)c1Cl)C2. The van der Waals surface area contributed by atoms with Gasteiger partial charge in [0.1, 0.15) is 23.2 Å². The van der Waals surface area contributed by atoms with Crippen LogP contribution in [0.4, 0.5) is 22.8 Å². The molecule has 3 heterocycles. The molecule has 2 fully saturated rings. The molecular weight excluding hydrogens is 762 g/mol. The molecule has 8 N–H and O–H groups in total. The van der Waals surface area contributed by atoms with Crippen molar-refractivity contribution in [1.82, 2.24) is 25.3 Å². The van der Waals surface area contributed by atoms with Gasteiger partial charge in [0.25, 0.3) is 5.91 Å². The number of benzene rings is 3. The Morgan fingerprint density at radius 1 is 0.927 bits per heavy atom. The van der Waals surface area contributed by atoms with Crippen LogP contribution in [-0.2, 0) is 11.2 Å². The molecule has 3 aliphatic rings. The number of nitrogens with one attached hydrogen (secondary N) is 2. The van der Waals surface area contributed by atoms with E-state index in [9.17, 15) is 67.7 Å². The highest BCUT2D eigenvalue weighted by molar-refractivity contribution is 6.47. The van der Waals surface area contributed by atoms with Gasteiger partial charge in [0.2, 0.25) is 11.7 Å². The Kier molecular flexibility index (Phi) is 10.5. The second kappa shape index (κ2) is 15.0. The second-order valence-electron chi connectivity index (χ2n) is 12.9. The first-order valence-corrected chi connectivity index (χ1v) is 16.8. The highest BCUT2D eigenvalue weighted by Gasteiger charge is 2.43. The van der Waals surface area contributed by atoms with E-state index in [1.54, 1.807) is 0 Å². The summed E-state index contributed by atoms with van der Waals surface area (Å²) in [6, 6.07) is -0.119. The van der Waals surface area contributed by atoms with Crippen LogP contribution in [0, 0.1) is 17.5 Å². The molecule has 3 aliphatic heterocycles. The van der Waals surface area contributed by atoms with Crippen molar-refractivity contribution in [1.29, 1.82) is 0 Å². The fraction of sp³-hybridized carbons (Fsp3) is 0.303. The Hall–Kier alpha value is -6.09. The largest absolute Gasteiger partial charge is 0.547 e. The molecule has 0 spiro atoms. The number of hydrogen-bond donors (Lipinski definition) is 8. The number of hydrogen-bond acceptors (Lipinski definition) is 11. The molecule has 0 radical (unpaired) electrons. The average Bonchev–Trinajstić information content (AvgIpc) is 3.54. The molecule has 0 aliphatic carbocycles. The number of carbonyl (C=O) groups excluding carboxylic acids is 4. The zero-order valence-electron chi connectivity index (χ0n) is 28.1. The van der Waals surface area contributed by atoms with Crippen LogP contribution >= 0.6 is 11.6 Å². The highest BCUT2D eigenvalue weighted by atomic mass is 35.5. The lowest BCUT2D eigenvalue weighted by Gasteiger charge is -2.36. The Labute approximate surface area is 313 Å². The molecule has 2 atom stereocenters. The fourth-order valence-corrected chi connectivity index (χ4v) is 6.96. The molecule has 0 bridgehead atoms. The summed E-state index contributed by atoms with van der Waals surface area (Å²) < 4.78 is 47.8. The Morgan fingerprint density at radius 2 is 1.58 bits per heavy atom. The number of likely N-dealkylation sites (tertiary alicyclic amines) is 1. The van der Waals surface area contributed by atoms with E-state index in [-0.39, 0.29) is 56.6 Å². The summed E-state index contributed by atoms with van der Waals surface area (Å²) in [7, 11) is -1.96. The molecule has 6 amide bonds. The second-order valence-corrected chi connectivity index (χ2v) is 13.2. The first-order valence-electron chi connectivity index (χ1n) is 16.5. The Morgan fingerprint density at radius 3 is 2.22 bits per heavy atom. The van der Waals surface area contributed by atoms with Crippen molar-refractivity contribution in [2.75, 3.05) is 26.2 Å². The van der Waals surface area contributed by atoms with Crippen molar-refractivity contribution < 1.29 is 72.4 Å². The number of piperidine rings is 1. The predicted molar refractivity (Wildman–Crippen MR) is 181 cm³/mol. The number of halogens is 4. The maximum Gasteiger partial charge on any atom is 0.547 e. The normalized spacial score (nSPS) is 17.8. The van der Waals surface area contributed by atoms with Gasteiger partial charge in [-0.2, -0.15) is 4.39 Å². The number of fused-ring (bicyclic) bond motifs is 1. The first-order chi connectivity index (χ1) is 26.0. The highest BCUT2D eigenvalue weighted by Crippen LogP contribution is 2.41. The lowest BCUT2D eigenvalue weighted by atomic mass is 9.72. The smallest absolute Gasteiger partial charge is 0.534 e. The topological polar surface area (TPSA) is 250 Å². The summed E-state index contributed by atoms with van der Waals surface area (Å²) in [5.41, 5.74) is -1.52. The van der Waals surface area contributed by atoms with Gasteiger partial charge in [-0.25, -0.2) is 28.1 Å². The van der Waals surface area contributed by atoms with Crippen LogP contribution in [0.1, 0.15) is 50.7 Å². The monoisotopic (exact) mass is 791 g/mol. The van der Waals surface area contributed by atoms with Crippen LogP contribution in [-0.4, -0.2) is 120 Å². The van der Waals surface area contributed by atoms with Crippen molar-refractivity contribution in [3.05, 3.63) is 75.1 Å². The molecule has 290 valence electrons. The zero-order valence-corrected chi connectivity index (χ0v) is 28.9. The molecule has 1 unspecified atom stereocenters. The lowest BCUT2D eigenvalue weighted by Crippen LogP contribution is -2.56. The van der Waals surface area contributed by atoms with Crippen molar-refractivity contribution in [3.8, 4) is 28.7 Å². The number of phenolic OH excluding ortho intramolecular Hbond substituents is 4. The summed E-state index contributed by atoms with van der Waals surface area (Å²) in [6.07, 6.45) is 0.174. The molecule has 3 aromatic rings. The van der Waals surface area contributed by atoms with E-state index in [1.165, 1.54) is 15.9 Å². The van der Waals surface area contributed by atoms with E-state index in [4.69, 9.17) is 16.3 Å². The molecule has 17 nitrogen and oxygen atoms in total.